The van der Waals surface area contributed by atoms with Crippen molar-refractivity contribution in [2.75, 3.05) is 24.5 Å². The first-order valence-corrected chi connectivity index (χ1v) is 6.59. The van der Waals surface area contributed by atoms with E-state index in [-0.39, 0.29) is 11.3 Å². The second kappa shape index (κ2) is 5.01. The number of anilines is 1. The normalized spacial score (nSPS) is 17.3. The lowest BCUT2D eigenvalue weighted by Gasteiger charge is -2.30. The second-order valence-electron chi connectivity index (χ2n) is 5.89. The fraction of sp³-hybridized carbons (Fsp3) is 0.533. The maximum atomic E-state index is 11.7. The summed E-state index contributed by atoms with van der Waals surface area (Å²) in [5.74, 6) is 0.121. The summed E-state index contributed by atoms with van der Waals surface area (Å²) < 4.78 is 0. The van der Waals surface area contributed by atoms with Gasteiger partial charge in [0.05, 0.1) is 6.54 Å². The summed E-state index contributed by atoms with van der Waals surface area (Å²) in [6, 6.07) is 8.41. The number of benzene rings is 1. The van der Waals surface area contributed by atoms with E-state index in [1.54, 1.807) is 0 Å². The Hall–Kier alpha value is -1.51. The number of amides is 1. The van der Waals surface area contributed by atoms with E-state index in [9.17, 15) is 4.79 Å². The maximum absolute atomic E-state index is 11.7. The third kappa shape index (κ3) is 2.84. The van der Waals surface area contributed by atoms with E-state index in [1.807, 2.05) is 6.07 Å². The molecule has 1 aromatic rings. The highest BCUT2D eigenvalue weighted by molar-refractivity contribution is 5.82. The lowest BCUT2D eigenvalue weighted by molar-refractivity contribution is -0.119. The number of carbonyl (C=O) groups is 1. The fourth-order valence-corrected chi connectivity index (χ4v) is 2.40. The molecule has 1 aliphatic heterocycles. The Balaban J connectivity index is 2.34. The minimum Gasteiger partial charge on any atom is -0.362 e. The minimum atomic E-state index is 0.0966. The zero-order valence-corrected chi connectivity index (χ0v) is 11.5. The standard InChI is InChI=1S/C15H22N2O/c1-15(2,3)12-7-4-5-8-13(12)17-10-6-9-16-14(18)11-17/h4-5,7-8H,6,9-11H2,1-3H3,(H,16,18). The zero-order valence-electron chi connectivity index (χ0n) is 11.5. The number of hydrogen-bond donors (Lipinski definition) is 1. The molecular weight excluding hydrogens is 224 g/mol. The smallest absolute Gasteiger partial charge is 0.239 e. The van der Waals surface area contributed by atoms with Crippen LogP contribution in [0.25, 0.3) is 0 Å². The highest BCUT2D eigenvalue weighted by atomic mass is 16.2. The van der Waals surface area contributed by atoms with Gasteiger partial charge in [-0.3, -0.25) is 4.79 Å². The quantitative estimate of drug-likeness (QED) is 0.824. The van der Waals surface area contributed by atoms with Crippen LogP contribution in [-0.2, 0) is 10.2 Å². The van der Waals surface area contributed by atoms with E-state index in [0.29, 0.717) is 6.54 Å². The third-order valence-electron chi connectivity index (χ3n) is 3.31. The van der Waals surface area contributed by atoms with Crippen LogP contribution in [0.4, 0.5) is 5.69 Å². The van der Waals surface area contributed by atoms with Crippen LogP contribution < -0.4 is 10.2 Å². The second-order valence-corrected chi connectivity index (χ2v) is 5.89. The van der Waals surface area contributed by atoms with Gasteiger partial charge in [-0.05, 0) is 23.5 Å². The molecule has 3 nitrogen and oxygen atoms in total. The largest absolute Gasteiger partial charge is 0.362 e. The molecule has 0 atom stereocenters. The molecule has 0 aliphatic carbocycles. The molecule has 0 spiro atoms. The van der Waals surface area contributed by atoms with Crippen LogP contribution in [0.2, 0.25) is 0 Å². The Morgan fingerprint density at radius 3 is 2.67 bits per heavy atom. The summed E-state index contributed by atoms with van der Waals surface area (Å²) in [6.07, 6.45) is 1.00. The van der Waals surface area contributed by atoms with E-state index in [2.05, 4.69) is 49.2 Å². The predicted octanol–water partition coefficient (Wildman–Crippen LogP) is 2.31. The molecule has 18 heavy (non-hydrogen) atoms. The lowest BCUT2D eigenvalue weighted by Crippen LogP contribution is -2.34. The Morgan fingerprint density at radius 2 is 1.94 bits per heavy atom. The molecule has 1 amide bonds. The average Bonchev–Trinajstić information content (AvgIpc) is 2.53. The van der Waals surface area contributed by atoms with Gasteiger partial charge in [-0.15, -0.1) is 0 Å². The van der Waals surface area contributed by atoms with Crippen molar-refractivity contribution in [3.8, 4) is 0 Å². The molecule has 1 saturated heterocycles. The van der Waals surface area contributed by atoms with Crippen molar-refractivity contribution < 1.29 is 4.79 Å². The Morgan fingerprint density at radius 1 is 1.22 bits per heavy atom. The van der Waals surface area contributed by atoms with Crippen LogP contribution in [0.3, 0.4) is 0 Å². The average molecular weight is 246 g/mol. The number of nitrogens with zero attached hydrogens (tertiary/aromatic N) is 1. The molecule has 1 N–H and O–H groups in total. The Labute approximate surface area is 109 Å². The van der Waals surface area contributed by atoms with Crippen LogP contribution in [0.5, 0.6) is 0 Å². The molecular formula is C15H22N2O. The van der Waals surface area contributed by atoms with Crippen molar-refractivity contribution in [3.05, 3.63) is 29.8 Å². The van der Waals surface area contributed by atoms with Crippen LogP contribution in [0.15, 0.2) is 24.3 Å². The SMILES string of the molecule is CC(C)(C)c1ccccc1N1CCCNC(=O)C1. The van der Waals surface area contributed by atoms with Crippen LogP contribution in [0, 0.1) is 0 Å². The number of rotatable bonds is 1. The highest BCUT2D eigenvalue weighted by Crippen LogP contribution is 2.32. The number of carbonyl (C=O) groups excluding carboxylic acids is 1. The van der Waals surface area contributed by atoms with Crippen molar-refractivity contribution in [2.45, 2.75) is 32.6 Å². The van der Waals surface area contributed by atoms with Crippen molar-refractivity contribution in [2.24, 2.45) is 0 Å². The first-order chi connectivity index (χ1) is 8.48. The highest BCUT2D eigenvalue weighted by Gasteiger charge is 2.22. The van der Waals surface area contributed by atoms with E-state index >= 15 is 0 Å². The van der Waals surface area contributed by atoms with Gasteiger partial charge < -0.3 is 10.2 Å². The van der Waals surface area contributed by atoms with E-state index < -0.39 is 0 Å². The third-order valence-corrected chi connectivity index (χ3v) is 3.31. The van der Waals surface area contributed by atoms with Gasteiger partial charge in [0.1, 0.15) is 0 Å². The minimum absolute atomic E-state index is 0.0966. The Kier molecular flexibility index (Phi) is 3.60. The molecule has 3 heteroatoms. The molecule has 1 fully saturated rings. The summed E-state index contributed by atoms with van der Waals surface area (Å²) >= 11 is 0. The maximum Gasteiger partial charge on any atom is 0.239 e. The summed E-state index contributed by atoms with van der Waals surface area (Å²) in [7, 11) is 0. The van der Waals surface area contributed by atoms with Gasteiger partial charge in [0, 0.05) is 18.8 Å². The van der Waals surface area contributed by atoms with Crippen molar-refractivity contribution >= 4 is 11.6 Å². The Bertz CT molecular complexity index is 434. The van der Waals surface area contributed by atoms with Gasteiger partial charge in [0.25, 0.3) is 0 Å². The summed E-state index contributed by atoms with van der Waals surface area (Å²) in [4.78, 5) is 13.9. The first kappa shape index (κ1) is 12.9. The predicted molar refractivity (Wildman–Crippen MR) is 75.0 cm³/mol. The van der Waals surface area contributed by atoms with Crippen molar-refractivity contribution in [3.63, 3.8) is 0 Å². The summed E-state index contributed by atoms with van der Waals surface area (Å²) in [5, 5.41) is 2.92. The summed E-state index contributed by atoms with van der Waals surface area (Å²) in [5.41, 5.74) is 2.60. The molecule has 1 aromatic carbocycles. The molecule has 1 aliphatic rings. The molecule has 0 aromatic heterocycles. The number of nitrogens with one attached hydrogen (secondary N) is 1. The zero-order chi connectivity index (χ0) is 13.2. The molecule has 0 bridgehead atoms. The fourth-order valence-electron chi connectivity index (χ4n) is 2.40. The molecule has 0 radical (unpaired) electrons. The molecule has 1 heterocycles. The van der Waals surface area contributed by atoms with Crippen molar-refractivity contribution in [1.82, 2.24) is 5.32 Å². The van der Waals surface area contributed by atoms with Gasteiger partial charge in [0.2, 0.25) is 5.91 Å². The van der Waals surface area contributed by atoms with Gasteiger partial charge in [-0.25, -0.2) is 0 Å². The van der Waals surface area contributed by atoms with Gasteiger partial charge in [-0.2, -0.15) is 0 Å². The topological polar surface area (TPSA) is 32.3 Å². The first-order valence-electron chi connectivity index (χ1n) is 6.59. The van der Waals surface area contributed by atoms with Crippen LogP contribution in [0.1, 0.15) is 32.8 Å². The van der Waals surface area contributed by atoms with E-state index in [4.69, 9.17) is 0 Å². The van der Waals surface area contributed by atoms with Gasteiger partial charge in [-0.1, -0.05) is 39.0 Å². The summed E-state index contributed by atoms with van der Waals surface area (Å²) in [6.45, 7) is 8.82. The van der Waals surface area contributed by atoms with Crippen LogP contribution in [-0.4, -0.2) is 25.5 Å². The monoisotopic (exact) mass is 246 g/mol. The van der Waals surface area contributed by atoms with Crippen LogP contribution >= 0.6 is 0 Å². The van der Waals surface area contributed by atoms with E-state index in [1.165, 1.54) is 11.3 Å². The van der Waals surface area contributed by atoms with Crippen molar-refractivity contribution in [1.29, 1.82) is 0 Å². The van der Waals surface area contributed by atoms with Gasteiger partial charge in [0.15, 0.2) is 0 Å². The molecule has 0 saturated carbocycles. The molecule has 98 valence electrons. The molecule has 0 unspecified atom stereocenters. The van der Waals surface area contributed by atoms with E-state index in [0.717, 1.165) is 19.5 Å². The number of para-hydroxylation sites is 1. The number of hydrogen-bond acceptors (Lipinski definition) is 2. The van der Waals surface area contributed by atoms with Gasteiger partial charge >= 0.3 is 0 Å². The lowest BCUT2D eigenvalue weighted by atomic mass is 9.85. The molecule has 2 rings (SSSR count).